The van der Waals surface area contributed by atoms with Crippen LogP contribution in [0.2, 0.25) is 0 Å². The van der Waals surface area contributed by atoms with E-state index in [1.165, 1.54) is 0 Å². The van der Waals surface area contributed by atoms with Crippen molar-refractivity contribution >= 4 is 5.91 Å². The summed E-state index contributed by atoms with van der Waals surface area (Å²) in [6.07, 6.45) is 3.31. The molecule has 0 aliphatic carbocycles. The maximum absolute atomic E-state index is 11.9. The summed E-state index contributed by atoms with van der Waals surface area (Å²) in [5.41, 5.74) is -0.0346. The summed E-state index contributed by atoms with van der Waals surface area (Å²) in [6.45, 7) is 8.58. The van der Waals surface area contributed by atoms with E-state index < -0.39 is 0 Å². The average Bonchev–Trinajstić information content (AvgIpc) is 2.55. The van der Waals surface area contributed by atoms with E-state index in [9.17, 15) is 4.79 Å². The van der Waals surface area contributed by atoms with Crippen molar-refractivity contribution in [3.63, 3.8) is 0 Å². The van der Waals surface area contributed by atoms with Crippen molar-refractivity contribution in [2.75, 3.05) is 26.2 Å². The molecular formula is C12H22N2O. The number of piperidine rings is 1. The highest BCUT2D eigenvalue weighted by Crippen LogP contribution is 2.37. The highest BCUT2D eigenvalue weighted by molar-refractivity contribution is 5.83. The van der Waals surface area contributed by atoms with E-state index in [2.05, 4.69) is 24.1 Å². The Morgan fingerprint density at radius 1 is 1.47 bits per heavy atom. The van der Waals surface area contributed by atoms with Crippen LogP contribution in [0.15, 0.2) is 0 Å². The van der Waals surface area contributed by atoms with Gasteiger partial charge in [-0.2, -0.15) is 0 Å². The monoisotopic (exact) mass is 210 g/mol. The first kappa shape index (κ1) is 10.9. The number of nitrogens with zero attached hydrogens (tertiary/aromatic N) is 1. The van der Waals surface area contributed by atoms with Crippen molar-refractivity contribution < 1.29 is 4.79 Å². The molecule has 3 heteroatoms. The highest BCUT2D eigenvalue weighted by Gasteiger charge is 2.45. The molecule has 2 rings (SSSR count). The van der Waals surface area contributed by atoms with Crippen molar-refractivity contribution in [1.29, 1.82) is 0 Å². The minimum Gasteiger partial charge on any atom is -0.356 e. The van der Waals surface area contributed by atoms with Crippen molar-refractivity contribution in [2.24, 2.45) is 11.3 Å². The van der Waals surface area contributed by atoms with Gasteiger partial charge in [-0.05, 0) is 31.7 Å². The Morgan fingerprint density at radius 2 is 2.27 bits per heavy atom. The number of carbonyl (C=O) groups is 1. The van der Waals surface area contributed by atoms with Crippen LogP contribution in [0.5, 0.6) is 0 Å². The molecule has 0 saturated carbocycles. The van der Waals surface area contributed by atoms with E-state index >= 15 is 0 Å². The molecule has 1 spiro atoms. The lowest BCUT2D eigenvalue weighted by atomic mass is 9.79. The third-order valence-electron chi connectivity index (χ3n) is 3.66. The van der Waals surface area contributed by atoms with Gasteiger partial charge in [0.2, 0.25) is 5.91 Å². The lowest BCUT2D eigenvalue weighted by Crippen LogP contribution is -2.47. The molecule has 3 nitrogen and oxygen atoms in total. The molecule has 0 radical (unpaired) electrons. The molecule has 2 aliphatic heterocycles. The predicted octanol–water partition coefficient (Wildman–Crippen LogP) is 1.24. The fourth-order valence-electron chi connectivity index (χ4n) is 2.95. The Labute approximate surface area is 92.2 Å². The Balaban J connectivity index is 1.97. The van der Waals surface area contributed by atoms with Gasteiger partial charge in [0.05, 0.1) is 5.41 Å². The maximum atomic E-state index is 11.9. The second kappa shape index (κ2) is 4.12. The van der Waals surface area contributed by atoms with Crippen molar-refractivity contribution in [3.05, 3.63) is 0 Å². The number of carbonyl (C=O) groups excluding carboxylic acids is 1. The van der Waals surface area contributed by atoms with Gasteiger partial charge in [0, 0.05) is 19.6 Å². The number of nitrogens with one attached hydrogen (secondary N) is 1. The first-order chi connectivity index (χ1) is 7.12. The van der Waals surface area contributed by atoms with Crippen LogP contribution < -0.4 is 5.32 Å². The zero-order valence-electron chi connectivity index (χ0n) is 9.88. The summed E-state index contributed by atoms with van der Waals surface area (Å²) in [6, 6.07) is 0. The molecule has 0 aromatic carbocycles. The summed E-state index contributed by atoms with van der Waals surface area (Å²) < 4.78 is 0. The molecule has 1 atom stereocenters. The predicted molar refractivity (Wildman–Crippen MR) is 60.6 cm³/mol. The van der Waals surface area contributed by atoms with Crippen LogP contribution in [0.4, 0.5) is 0 Å². The summed E-state index contributed by atoms with van der Waals surface area (Å²) in [5, 5.41) is 3.02. The fraction of sp³-hybridized carbons (Fsp3) is 0.917. The molecule has 15 heavy (non-hydrogen) atoms. The van der Waals surface area contributed by atoms with E-state index in [4.69, 9.17) is 0 Å². The quantitative estimate of drug-likeness (QED) is 0.744. The van der Waals surface area contributed by atoms with Crippen LogP contribution in [0.1, 0.15) is 33.1 Å². The fourth-order valence-corrected chi connectivity index (χ4v) is 2.95. The molecule has 0 aromatic heterocycles. The van der Waals surface area contributed by atoms with Gasteiger partial charge in [-0.1, -0.05) is 13.8 Å². The van der Waals surface area contributed by atoms with Gasteiger partial charge in [-0.15, -0.1) is 0 Å². The second-order valence-corrected chi connectivity index (χ2v) is 5.52. The average molecular weight is 210 g/mol. The maximum Gasteiger partial charge on any atom is 0.227 e. The molecular weight excluding hydrogens is 188 g/mol. The number of amides is 1. The molecule has 1 amide bonds. The number of likely N-dealkylation sites (tertiary alicyclic amines) is 1. The first-order valence-corrected chi connectivity index (χ1v) is 6.13. The Morgan fingerprint density at radius 3 is 2.93 bits per heavy atom. The standard InChI is InChI=1S/C12H22N2O/c1-10(2)8-14-7-5-12(9-14)4-3-6-13-11(12)15/h10H,3-9H2,1-2H3,(H,13,15)/t12-/m0/s1. The minimum atomic E-state index is -0.0346. The molecule has 2 heterocycles. The number of rotatable bonds is 2. The van der Waals surface area contributed by atoms with Crippen LogP contribution in [0, 0.1) is 11.3 Å². The van der Waals surface area contributed by atoms with Gasteiger partial charge in [-0.3, -0.25) is 4.79 Å². The third-order valence-corrected chi connectivity index (χ3v) is 3.66. The normalized spacial score (nSPS) is 32.6. The Hall–Kier alpha value is -0.570. The molecule has 2 fully saturated rings. The second-order valence-electron chi connectivity index (χ2n) is 5.52. The van der Waals surface area contributed by atoms with Gasteiger partial charge in [0.1, 0.15) is 0 Å². The number of hydrogen-bond donors (Lipinski definition) is 1. The van der Waals surface area contributed by atoms with E-state index in [1.807, 2.05) is 0 Å². The molecule has 2 saturated heterocycles. The Bertz CT molecular complexity index is 252. The molecule has 0 aromatic rings. The Kier molecular flexibility index (Phi) is 3.01. The van der Waals surface area contributed by atoms with Crippen LogP contribution in [-0.4, -0.2) is 37.0 Å². The molecule has 1 N–H and O–H groups in total. The van der Waals surface area contributed by atoms with Crippen molar-refractivity contribution in [1.82, 2.24) is 10.2 Å². The van der Waals surface area contributed by atoms with Crippen molar-refractivity contribution in [2.45, 2.75) is 33.1 Å². The third kappa shape index (κ3) is 2.17. The van der Waals surface area contributed by atoms with Crippen LogP contribution in [-0.2, 0) is 4.79 Å². The van der Waals surface area contributed by atoms with Gasteiger partial charge in [-0.25, -0.2) is 0 Å². The van der Waals surface area contributed by atoms with Crippen LogP contribution >= 0.6 is 0 Å². The zero-order chi connectivity index (χ0) is 10.9. The van der Waals surface area contributed by atoms with Gasteiger partial charge < -0.3 is 10.2 Å². The van der Waals surface area contributed by atoms with Crippen LogP contribution in [0.25, 0.3) is 0 Å². The van der Waals surface area contributed by atoms with Crippen LogP contribution in [0.3, 0.4) is 0 Å². The topological polar surface area (TPSA) is 32.3 Å². The summed E-state index contributed by atoms with van der Waals surface area (Å²) >= 11 is 0. The molecule has 0 unspecified atom stereocenters. The summed E-state index contributed by atoms with van der Waals surface area (Å²) in [5.74, 6) is 1.01. The van der Waals surface area contributed by atoms with E-state index in [0.717, 1.165) is 45.4 Å². The van der Waals surface area contributed by atoms with E-state index in [0.29, 0.717) is 11.8 Å². The first-order valence-electron chi connectivity index (χ1n) is 6.13. The summed E-state index contributed by atoms with van der Waals surface area (Å²) in [4.78, 5) is 14.4. The van der Waals surface area contributed by atoms with Gasteiger partial charge in [0.15, 0.2) is 0 Å². The summed E-state index contributed by atoms with van der Waals surface area (Å²) in [7, 11) is 0. The molecule has 2 aliphatic rings. The zero-order valence-corrected chi connectivity index (χ0v) is 9.88. The lowest BCUT2D eigenvalue weighted by Gasteiger charge is -2.32. The minimum absolute atomic E-state index is 0.0346. The SMILES string of the molecule is CC(C)CN1CC[C@@]2(CCCNC2=O)C1. The number of hydrogen-bond acceptors (Lipinski definition) is 2. The molecule has 0 bridgehead atoms. The van der Waals surface area contributed by atoms with Gasteiger partial charge >= 0.3 is 0 Å². The van der Waals surface area contributed by atoms with E-state index in [1.54, 1.807) is 0 Å². The van der Waals surface area contributed by atoms with E-state index in [-0.39, 0.29) is 5.41 Å². The van der Waals surface area contributed by atoms with Crippen molar-refractivity contribution in [3.8, 4) is 0 Å². The smallest absolute Gasteiger partial charge is 0.227 e. The lowest BCUT2D eigenvalue weighted by molar-refractivity contribution is -0.132. The molecule has 86 valence electrons. The highest BCUT2D eigenvalue weighted by atomic mass is 16.2. The van der Waals surface area contributed by atoms with Gasteiger partial charge in [0.25, 0.3) is 0 Å². The largest absolute Gasteiger partial charge is 0.356 e.